The van der Waals surface area contributed by atoms with Gasteiger partial charge < -0.3 is 0 Å². The van der Waals surface area contributed by atoms with Crippen LogP contribution in [0.3, 0.4) is 0 Å². The molecule has 2 rings (SSSR count). The molecule has 0 amide bonds. The number of halogens is 6. The van der Waals surface area contributed by atoms with Crippen molar-refractivity contribution < 1.29 is 26.3 Å². The number of hydrogen-bond donors (Lipinski definition) is 0. The minimum Gasteiger partial charge on any atom is -0.255 e. The van der Waals surface area contributed by atoms with Gasteiger partial charge in [0.2, 0.25) is 0 Å². The van der Waals surface area contributed by atoms with Gasteiger partial charge in [-0.2, -0.15) is 13.2 Å². The molecular formula is C12H5F6N. The average Bonchev–Trinajstić information content (AvgIpc) is 2.31. The molecule has 2 aromatic rings. The largest absolute Gasteiger partial charge is 0.420 e. The monoisotopic (exact) mass is 277 g/mol. The molecule has 1 nitrogen and oxygen atoms in total. The summed E-state index contributed by atoms with van der Waals surface area (Å²) in [6.45, 7) is 0. The van der Waals surface area contributed by atoms with Gasteiger partial charge in [0, 0.05) is 17.8 Å². The zero-order valence-corrected chi connectivity index (χ0v) is 9.10. The Morgan fingerprint density at radius 1 is 0.947 bits per heavy atom. The lowest BCUT2D eigenvalue weighted by molar-refractivity contribution is -0.140. The molecule has 7 heteroatoms. The molecule has 0 spiro atoms. The fourth-order valence-electron chi connectivity index (χ4n) is 1.49. The molecule has 0 fully saturated rings. The van der Waals surface area contributed by atoms with Crippen molar-refractivity contribution in [2.75, 3.05) is 0 Å². The summed E-state index contributed by atoms with van der Waals surface area (Å²) in [6, 6.07) is 3.48. The van der Waals surface area contributed by atoms with Gasteiger partial charge in [-0.15, -0.1) is 0 Å². The van der Waals surface area contributed by atoms with Crippen molar-refractivity contribution in [1.82, 2.24) is 4.98 Å². The van der Waals surface area contributed by atoms with Crippen LogP contribution in [0.25, 0.3) is 11.3 Å². The van der Waals surface area contributed by atoms with E-state index in [0.29, 0.717) is 6.07 Å². The fraction of sp³-hybridized carbons (Fsp3) is 0.0833. The second-order valence-electron chi connectivity index (χ2n) is 3.65. The van der Waals surface area contributed by atoms with Crippen LogP contribution in [0.1, 0.15) is 5.56 Å². The lowest BCUT2D eigenvalue weighted by Crippen LogP contribution is -2.09. The normalized spacial score (nSPS) is 11.7. The van der Waals surface area contributed by atoms with Crippen LogP contribution >= 0.6 is 0 Å². The van der Waals surface area contributed by atoms with Crippen LogP contribution in [-0.4, -0.2) is 4.98 Å². The van der Waals surface area contributed by atoms with Crippen molar-refractivity contribution in [3.8, 4) is 11.3 Å². The molecule has 0 atom stereocenters. The molecule has 0 bridgehead atoms. The number of alkyl halides is 3. The second-order valence-corrected chi connectivity index (χ2v) is 3.65. The Labute approximate surface area is 103 Å². The van der Waals surface area contributed by atoms with Crippen molar-refractivity contribution >= 4 is 0 Å². The molecule has 1 heterocycles. The Hall–Kier alpha value is -2.05. The van der Waals surface area contributed by atoms with Gasteiger partial charge in [-0.25, -0.2) is 13.2 Å². The first-order chi connectivity index (χ1) is 8.80. The Morgan fingerprint density at radius 2 is 1.63 bits per heavy atom. The molecule has 1 aromatic heterocycles. The summed E-state index contributed by atoms with van der Waals surface area (Å²) in [4.78, 5) is 3.31. The van der Waals surface area contributed by atoms with Crippen molar-refractivity contribution in [3.05, 3.63) is 53.5 Å². The molecule has 19 heavy (non-hydrogen) atoms. The van der Waals surface area contributed by atoms with Gasteiger partial charge in [-0.1, -0.05) is 6.07 Å². The predicted molar refractivity (Wildman–Crippen MR) is 54.5 cm³/mol. The molecule has 0 aliphatic heterocycles. The minimum atomic E-state index is -4.89. The summed E-state index contributed by atoms with van der Waals surface area (Å²) in [5, 5.41) is 0. The number of pyridine rings is 1. The second kappa shape index (κ2) is 4.56. The number of nitrogens with zero attached hydrogens (tertiary/aromatic N) is 1. The highest BCUT2D eigenvalue weighted by molar-refractivity contribution is 5.60. The summed E-state index contributed by atoms with van der Waals surface area (Å²) >= 11 is 0. The van der Waals surface area contributed by atoms with E-state index >= 15 is 0 Å². The number of hydrogen-bond acceptors (Lipinski definition) is 1. The van der Waals surface area contributed by atoms with Crippen LogP contribution in [0, 0.1) is 17.5 Å². The number of aromatic nitrogens is 1. The highest BCUT2D eigenvalue weighted by Gasteiger charge is 2.34. The number of benzene rings is 1. The molecule has 0 aliphatic carbocycles. The van der Waals surface area contributed by atoms with Gasteiger partial charge in [-0.05, 0) is 12.1 Å². The standard InChI is InChI=1S/C12H5F6N/c13-8-3-1-2-6(11(8)15)10-4-9(14)7(5-19-10)12(16,17)18/h1-5H. The summed E-state index contributed by atoms with van der Waals surface area (Å²) in [5.41, 5.74) is -2.39. The molecule has 0 saturated heterocycles. The topological polar surface area (TPSA) is 12.9 Å². The average molecular weight is 277 g/mol. The maximum Gasteiger partial charge on any atom is 0.420 e. The van der Waals surface area contributed by atoms with E-state index in [9.17, 15) is 26.3 Å². The van der Waals surface area contributed by atoms with E-state index in [2.05, 4.69) is 4.98 Å². The zero-order valence-electron chi connectivity index (χ0n) is 9.10. The lowest BCUT2D eigenvalue weighted by atomic mass is 10.1. The van der Waals surface area contributed by atoms with E-state index in [1.54, 1.807) is 0 Å². The molecule has 0 saturated carbocycles. The maximum absolute atomic E-state index is 13.4. The zero-order chi connectivity index (χ0) is 14.2. The van der Waals surface area contributed by atoms with Crippen molar-refractivity contribution in [3.63, 3.8) is 0 Å². The molecule has 100 valence electrons. The Bertz CT molecular complexity index is 620. The van der Waals surface area contributed by atoms with Gasteiger partial charge in [0.25, 0.3) is 0 Å². The van der Waals surface area contributed by atoms with Crippen LogP contribution in [0.15, 0.2) is 30.5 Å². The van der Waals surface area contributed by atoms with Crippen LogP contribution in [-0.2, 0) is 6.18 Å². The van der Waals surface area contributed by atoms with Crippen molar-refractivity contribution in [2.24, 2.45) is 0 Å². The summed E-state index contributed by atoms with van der Waals surface area (Å²) < 4.78 is 76.6. The first-order valence-corrected chi connectivity index (χ1v) is 4.98. The summed E-state index contributed by atoms with van der Waals surface area (Å²) in [7, 11) is 0. The maximum atomic E-state index is 13.4. The van der Waals surface area contributed by atoms with Crippen LogP contribution in [0.5, 0.6) is 0 Å². The highest BCUT2D eigenvalue weighted by atomic mass is 19.4. The van der Waals surface area contributed by atoms with Gasteiger partial charge in [0.1, 0.15) is 11.4 Å². The molecular weight excluding hydrogens is 272 g/mol. The highest BCUT2D eigenvalue weighted by Crippen LogP contribution is 2.32. The van der Waals surface area contributed by atoms with Crippen LogP contribution in [0.4, 0.5) is 26.3 Å². The van der Waals surface area contributed by atoms with Gasteiger partial charge in [-0.3, -0.25) is 4.98 Å². The van der Waals surface area contributed by atoms with Gasteiger partial charge in [0.15, 0.2) is 11.6 Å². The van der Waals surface area contributed by atoms with Crippen LogP contribution in [0.2, 0.25) is 0 Å². The third-order valence-electron chi connectivity index (χ3n) is 2.39. The lowest BCUT2D eigenvalue weighted by Gasteiger charge is -2.09. The van der Waals surface area contributed by atoms with E-state index in [0.717, 1.165) is 18.2 Å². The third-order valence-corrected chi connectivity index (χ3v) is 2.39. The molecule has 0 unspecified atom stereocenters. The van der Waals surface area contributed by atoms with Crippen molar-refractivity contribution in [2.45, 2.75) is 6.18 Å². The minimum absolute atomic E-state index is 0.245. The van der Waals surface area contributed by atoms with E-state index in [4.69, 9.17) is 0 Å². The Kier molecular flexibility index (Phi) is 3.21. The Morgan fingerprint density at radius 3 is 2.21 bits per heavy atom. The van der Waals surface area contributed by atoms with Crippen LogP contribution < -0.4 is 0 Å². The molecule has 0 N–H and O–H groups in total. The van der Waals surface area contributed by atoms with E-state index in [1.807, 2.05) is 0 Å². The van der Waals surface area contributed by atoms with E-state index < -0.39 is 40.4 Å². The van der Waals surface area contributed by atoms with E-state index in [-0.39, 0.29) is 6.20 Å². The summed E-state index contributed by atoms with van der Waals surface area (Å²) in [5.74, 6) is -4.09. The van der Waals surface area contributed by atoms with Gasteiger partial charge in [0.05, 0.1) is 5.69 Å². The number of rotatable bonds is 1. The summed E-state index contributed by atoms with van der Waals surface area (Å²) in [6.07, 6.45) is -4.65. The van der Waals surface area contributed by atoms with Gasteiger partial charge >= 0.3 is 6.18 Å². The molecule has 1 aromatic carbocycles. The Balaban J connectivity index is 2.54. The third kappa shape index (κ3) is 2.54. The SMILES string of the molecule is Fc1cc(-c2cccc(F)c2F)ncc1C(F)(F)F. The fourth-order valence-corrected chi connectivity index (χ4v) is 1.49. The smallest absolute Gasteiger partial charge is 0.255 e. The van der Waals surface area contributed by atoms with E-state index in [1.165, 1.54) is 0 Å². The molecule has 0 aliphatic rings. The molecule has 0 radical (unpaired) electrons. The first kappa shape index (κ1) is 13.4. The predicted octanol–water partition coefficient (Wildman–Crippen LogP) is 4.18. The first-order valence-electron chi connectivity index (χ1n) is 4.98. The van der Waals surface area contributed by atoms with Crippen molar-refractivity contribution in [1.29, 1.82) is 0 Å². The quantitative estimate of drug-likeness (QED) is 0.712.